The van der Waals surface area contributed by atoms with Crippen LogP contribution in [-0.4, -0.2) is 24.7 Å². The molecule has 2 heteroatoms. The molecule has 0 bridgehead atoms. The second-order valence-electron chi connectivity index (χ2n) is 5.93. The highest BCUT2D eigenvalue weighted by Crippen LogP contribution is 2.30. The lowest BCUT2D eigenvalue weighted by molar-refractivity contribution is 0.175. The van der Waals surface area contributed by atoms with Gasteiger partial charge in [0.15, 0.2) is 0 Å². The number of nitrogens with one attached hydrogen (secondary N) is 2. The van der Waals surface area contributed by atoms with Crippen molar-refractivity contribution in [3.05, 3.63) is 0 Å². The Morgan fingerprint density at radius 3 is 2.44 bits per heavy atom. The smallest absolute Gasteiger partial charge is 0.0112 e. The van der Waals surface area contributed by atoms with E-state index in [1.807, 2.05) is 0 Å². The van der Waals surface area contributed by atoms with Crippen molar-refractivity contribution in [1.29, 1.82) is 0 Å². The molecule has 1 heterocycles. The van der Waals surface area contributed by atoms with Crippen LogP contribution in [0.2, 0.25) is 0 Å². The van der Waals surface area contributed by atoms with Gasteiger partial charge in [0.2, 0.25) is 0 Å². The molecule has 16 heavy (non-hydrogen) atoms. The minimum absolute atomic E-state index is 0.634. The van der Waals surface area contributed by atoms with Crippen molar-refractivity contribution in [3.8, 4) is 0 Å². The molecule has 94 valence electrons. The topological polar surface area (TPSA) is 24.1 Å². The summed E-state index contributed by atoms with van der Waals surface area (Å²) in [5.74, 6) is 0.886. The normalized spacial score (nSPS) is 36.6. The second kappa shape index (κ2) is 6.02. The molecule has 0 radical (unpaired) electrons. The van der Waals surface area contributed by atoms with Crippen molar-refractivity contribution in [2.75, 3.05) is 6.54 Å². The Hall–Kier alpha value is -0.0800. The molecule has 3 atom stereocenters. The summed E-state index contributed by atoms with van der Waals surface area (Å²) < 4.78 is 0. The van der Waals surface area contributed by atoms with Gasteiger partial charge < -0.3 is 10.6 Å². The van der Waals surface area contributed by atoms with Gasteiger partial charge in [-0.25, -0.2) is 0 Å². The van der Waals surface area contributed by atoms with Gasteiger partial charge >= 0.3 is 0 Å². The van der Waals surface area contributed by atoms with Crippen LogP contribution in [-0.2, 0) is 0 Å². The fourth-order valence-electron chi connectivity index (χ4n) is 3.52. The predicted octanol–water partition coefficient (Wildman–Crippen LogP) is 2.69. The number of hydrogen-bond acceptors (Lipinski definition) is 2. The van der Waals surface area contributed by atoms with E-state index in [9.17, 15) is 0 Å². The van der Waals surface area contributed by atoms with E-state index in [0.29, 0.717) is 6.04 Å². The molecule has 0 aromatic carbocycles. The highest BCUT2D eigenvalue weighted by Gasteiger charge is 2.32. The monoisotopic (exact) mass is 224 g/mol. The van der Waals surface area contributed by atoms with Gasteiger partial charge in [0, 0.05) is 18.1 Å². The van der Waals surface area contributed by atoms with Gasteiger partial charge in [0.05, 0.1) is 0 Å². The average Bonchev–Trinajstić information content (AvgIpc) is 2.30. The molecule has 2 nitrogen and oxygen atoms in total. The molecular weight excluding hydrogens is 196 g/mol. The van der Waals surface area contributed by atoms with Crippen LogP contribution in [0.15, 0.2) is 0 Å². The van der Waals surface area contributed by atoms with Crippen LogP contribution in [0.4, 0.5) is 0 Å². The van der Waals surface area contributed by atoms with Crippen LogP contribution in [0.3, 0.4) is 0 Å². The van der Waals surface area contributed by atoms with Crippen molar-refractivity contribution in [2.24, 2.45) is 5.92 Å². The predicted molar refractivity (Wildman–Crippen MR) is 69.7 cm³/mol. The van der Waals surface area contributed by atoms with Crippen LogP contribution in [0, 0.1) is 5.92 Å². The lowest BCUT2D eigenvalue weighted by Gasteiger charge is -2.40. The van der Waals surface area contributed by atoms with Gasteiger partial charge in [0.25, 0.3) is 0 Å². The Labute approximate surface area is 101 Å². The lowest BCUT2D eigenvalue weighted by Crippen LogP contribution is -2.51. The van der Waals surface area contributed by atoms with E-state index in [1.54, 1.807) is 0 Å². The molecule has 0 aromatic heterocycles. The zero-order valence-corrected chi connectivity index (χ0v) is 11.0. The third-order valence-corrected chi connectivity index (χ3v) is 4.23. The maximum atomic E-state index is 3.79. The first kappa shape index (κ1) is 12.4. The second-order valence-corrected chi connectivity index (χ2v) is 5.93. The summed E-state index contributed by atoms with van der Waals surface area (Å²) in [5.41, 5.74) is 0. The first-order chi connectivity index (χ1) is 7.77. The standard InChI is InChI=1S/C14H28N2/c1-11(2)16-14-9-4-3-7-12(14)13-8-5-6-10-15-13/h11-16H,3-10H2,1-2H3. The molecule has 1 aliphatic heterocycles. The van der Waals surface area contributed by atoms with E-state index < -0.39 is 0 Å². The minimum Gasteiger partial charge on any atom is -0.314 e. The zero-order valence-electron chi connectivity index (χ0n) is 11.0. The Morgan fingerprint density at radius 2 is 1.75 bits per heavy atom. The third-order valence-electron chi connectivity index (χ3n) is 4.23. The van der Waals surface area contributed by atoms with Gasteiger partial charge in [0.1, 0.15) is 0 Å². The van der Waals surface area contributed by atoms with Gasteiger partial charge in [-0.2, -0.15) is 0 Å². The molecule has 3 unspecified atom stereocenters. The summed E-state index contributed by atoms with van der Waals surface area (Å²) in [6.07, 6.45) is 9.91. The fourth-order valence-corrected chi connectivity index (χ4v) is 3.52. The van der Waals surface area contributed by atoms with E-state index >= 15 is 0 Å². The highest BCUT2D eigenvalue weighted by molar-refractivity contribution is 4.91. The molecule has 1 aliphatic carbocycles. The number of hydrogen-bond donors (Lipinski definition) is 2. The number of piperidine rings is 1. The van der Waals surface area contributed by atoms with Crippen LogP contribution >= 0.6 is 0 Å². The molecule has 0 amide bonds. The van der Waals surface area contributed by atoms with Gasteiger partial charge in [-0.15, -0.1) is 0 Å². The Bertz CT molecular complexity index is 197. The summed E-state index contributed by atoms with van der Waals surface area (Å²) in [5, 5.41) is 7.54. The number of rotatable bonds is 3. The molecule has 2 fully saturated rings. The minimum atomic E-state index is 0.634. The third kappa shape index (κ3) is 3.21. The quantitative estimate of drug-likeness (QED) is 0.770. The van der Waals surface area contributed by atoms with Crippen molar-refractivity contribution < 1.29 is 0 Å². The molecule has 0 aromatic rings. The van der Waals surface area contributed by atoms with E-state index in [-0.39, 0.29) is 0 Å². The SMILES string of the molecule is CC(C)NC1CCCCC1C1CCCCN1. The molecule has 1 saturated heterocycles. The summed E-state index contributed by atoms with van der Waals surface area (Å²) in [6.45, 7) is 5.80. The maximum absolute atomic E-state index is 3.79. The van der Waals surface area contributed by atoms with Crippen molar-refractivity contribution in [2.45, 2.75) is 76.9 Å². The van der Waals surface area contributed by atoms with Crippen LogP contribution in [0.1, 0.15) is 58.8 Å². The van der Waals surface area contributed by atoms with Crippen LogP contribution in [0.5, 0.6) is 0 Å². The molecule has 1 saturated carbocycles. The summed E-state index contributed by atoms with van der Waals surface area (Å²) >= 11 is 0. The average molecular weight is 224 g/mol. The lowest BCUT2D eigenvalue weighted by atomic mass is 9.77. The fraction of sp³-hybridized carbons (Fsp3) is 1.00. The highest BCUT2D eigenvalue weighted by atomic mass is 15.0. The summed E-state index contributed by atoms with van der Waals surface area (Å²) in [7, 11) is 0. The first-order valence-corrected chi connectivity index (χ1v) is 7.27. The largest absolute Gasteiger partial charge is 0.314 e. The summed E-state index contributed by atoms with van der Waals surface area (Å²) in [6, 6.07) is 2.20. The van der Waals surface area contributed by atoms with Gasteiger partial charge in [-0.1, -0.05) is 33.1 Å². The molecule has 2 rings (SSSR count). The van der Waals surface area contributed by atoms with Gasteiger partial charge in [-0.3, -0.25) is 0 Å². The molecule has 2 N–H and O–H groups in total. The van der Waals surface area contributed by atoms with Gasteiger partial charge in [-0.05, 0) is 38.1 Å². The van der Waals surface area contributed by atoms with Crippen molar-refractivity contribution in [3.63, 3.8) is 0 Å². The maximum Gasteiger partial charge on any atom is 0.0112 e. The van der Waals surface area contributed by atoms with Crippen molar-refractivity contribution in [1.82, 2.24) is 10.6 Å². The van der Waals surface area contributed by atoms with Crippen LogP contribution in [0.25, 0.3) is 0 Å². The van der Waals surface area contributed by atoms with E-state index in [0.717, 1.165) is 18.0 Å². The molecular formula is C14H28N2. The zero-order chi connectivity index (χ0) is 11.4. The van der Waals surface area contributed by atoms with E-state index in [4.69, 9.17) is 0 Å². The van der Waals surface area contributed by atoms with E-state index in [1.165, 1.54) is 51.5 Å². The van der Waals surface area contributed by atoms with Crippen molar-refractivity contribution >= 4 is 0 Å². The Morgan fingerprint density at radius 1 is 1.00 bits per heavy atom. The molecule has 2 aliphatic rings. The van der Waals surface area contributed by atoms with E-state index in [2.05, 4.69) is 24.5 Å². The Kier molecular flexibility index (Phi) is 4.66. The first-order valence-electron chi connectivity index (χ1n) is 7.27. The molecule has 0 spiro atoms. The summed E-state index contributed by atoms with van der Waals surface area (Å²) in [4.78, 5) is 0. The Balaban J connectivity index is 1.92. The van der Waals surface area contributed by atoms with Crippen LogP contribution < -0.4 is 10.6 Å².